The first-order valence-corrected chi connectivity index (χ1v) is 4.51. The first kappa shape index (κ1) is 10.5. The van der Waals surface area contributed by atoms with Crippen LogP contribution in [0.2, 0.25) is 0 Å². The van der Waals surface area contributed by atoms with Crippen molar-refractivity contribution in [2.75, 3.05) is 7.11 Å². The van der Waals surface area contributed by atoms with Crippen molar-refractivity contribution in [2.24, 2.45) is 0 Å². The minimum atomic E-state index is -0.621. The van der Waals surface area contributed by atoms with Gasteiger partial charge in [-0.3, -0.25) is 9.89 Å². The van der Waals surface area contributed by atoms with E-state index in [4.69, 9.17) is 0 Å². The number of carbonyl (C=O) groups excluding carboxylic acids is 1. The number of rotatable bonds is 2. The molecule has 0 amide bonds. The van der Waals surface area contributed by atoms with Gasteiger partial charge in [-0.2, -0.15) is 5.10 Å². The molecule has 0 saturated heterocycles. The standard InChI is InChI=1S/C10H8F2N2O2/c1-16-8(15)4-7-9-5(11)2-3-6(12)10(9)14-13-7/h2-3H,4H2,1H3,(H,13,14). The van der Waals surface area contributed by atoms with Gasteiger partial charge in [0, 0.05) is 0 Å². The highest BCUT2D eigenvalue weighted by molar-refractivity contribution is 5.86. The summed E-state index contributed by atoms with van der Waals surface area (Å²) in [7, 11) is 1.22. The van der Waals surface area contributed by atoms with Crippen molar-refractivity contribution in [3.8, 4) is 0 Å². The lowest BCUT2D eigenvalue weighted by Gasteiger charge is -1.98. The number of aromatic nitrogens is 2. The van der Waals surface area contributed by atoms with E-state index in [1.165, 1.54) is 7.11 Å². The van der Waals surface area contributed by atoms with Crippen molar-refractivity contribution in [3.05, 3.63) is 29.5 Å². The van der Waals surface area contributed by atoms with Gasteiger partial charge in [0.15, 0.2) is 0 Å². The first-order valence-electron chi connectivity index (χ1n) is 4.51. The number of nitrogens with zero attached hydrogens (tertiary/aromatic N) is 1. The number of H-pyrrole nitrogens is 1. The van der Waals surface area contributed by atoms with Crippen LogP contribution in [-0.4, -0.2) is 23.3 Å². The Morgan fingerprint density at radius 1 is 1.44 bits per heavy atom. The number of esters is 1. The third kappa shape index (κ3) is 1.62. The molecule has 2 aromatic rings. The summed E-state index contributed by atoms with van der Waals surface area (Å²) >= 11 is 0. The molecule has 0 bridgehead atoms. The number of fused-ring (bicyclic) bond motifs is 1. The molecule has 0 aliphatic heterocycles. The van der Waals surface area contributed by atoms with Gasteiger partial charge in [-0.1, -0.05) is 0 Å². The molecule has 6 heteroatoms. The van der Waals surface area contributed by atoms with E-state index in [1.54, 1.807) is 0 Å². The molecule has 0 aliphatic carbocycles. The number of methoxy groups -OCH3 is 1. The molecule has 1 heterocycles. The summed E-state index contributed by atoms with van der Waals surface area (Å²) in [5.41, 5.74) is 0.0951. The quantitative estimate of drug-likeness (QED) is 0.790. The normalized spacial score (nSPS) is 10.7. The molecule has 16 heavy (non-hydrogen) atoms. The molecule has 0 atom stereocenters. The lowest BCUT2D eigenvalue weighted by atomic mass is 10.1. The molecule has 4 nitrogen and oxygen atoms in total. The van der Waals surface area contributed by atoms with Crippen LogP contribution in [0.3, 0.4) is 0 Å². The minimum Gasteiger partial charge on any atom is -0.469 e. The molecule has 0 fully saturated rings. The van der Waals surface area contributed by atoms with E-state index in [1.807, 2.05) is 0 Å². The van der Waals surface area contributed by atoms with Gasteiger partial charge >= 0.3 is 5.97 Å². The summed E-state index contributed by atoms with van der Waals surface area (Å²) in [5.74, 6) is -1.79. The number of ether oxygens (including phenoxy) is 1. The molecule has 0 unspecified atom stereocenters. The van der Waals surface area contributed by atoms with Gasteiger partial charge < -0.3 is 4.74 Å². The molecular formula is C10H8F2N2O2. The maximum atomic E-state index is 13.4. The Morgan fingerprint density at radius 3 is 2.81 bits per heavy atom. The molecule has 1 N–H and O–H groups in total. The molecule has 84 valence electrons. The Balaban J connectivity index is 2.55. The van der Waals surface area contributed by atoms with E-state index < -0.39 is 17.6 Å². The van der Waals surface area contributed by atoms with Crippen LogP contribution in [0.15, 0.2) is 12.1 Å². The number of hydrogen-bond acceptors (Lipinski definition) is 3. The van der Waals surface area contributed by atoms with Crippen LogP contribution in [0.25, 0.3) is 10.9 Å². The van der Waals surface area contributed by atoms with Crippen molar-refractivity contribution < 1.29 is 18.3 Å². The van der Waals surface area contributed by atoms with Crippen LogP contribution in [0.5, 0.6) is 0 Å². The molecular weight excluding hydrogens is 218 g/mol. The molecule has 1 aromatic heterocycles. The van der Waals surface area contributed by atoms with E-state index in [0.717, 1.165) is 12.1 Å². The summed E-state index contributed by atoms with van der Waals surface area (Å²) < 4.78 is 31.1. The van der Waals surface area contributed by atoms with Crippen molar-refractivity contribution in [1.82, 2.24) is 10.2 Å². The molecule has 0 aliphatic rings. The van der Waals surface area contributed by atoms with Gasteiger partial charge in [-0.25, -0.2) is 8.78 Å². The van der Waals surface area contributed by atoms with Crippen molar-refractivity contribution in [3.63, 3.8) is 0 Å². The molecule has 0 saturated carbocycles. The fourth-order valence-electron chi connectivity index (χ4n) is 1.46. The molecule has 2 rings (SSSR count). The Hall–Kier alpha value is -1.98. The van der Waals surface area contributed by atoms with Crippen LogP contribution in [0.1, 0.15) is 5.69 Å². The Kier molecular flexibility index (Phi) is 2.55. The van der Waals surface area contributed by atoms with Crippen LogP contribution >= 0.6 is 0 Å². The SMILES string of the molecule is COC(=O)Cc1n[nH]c2c(F)ccc(F)c12. The van der Waals surface area contributed by atoms with Crippen molar-refractivity contribution >= 4 is 16.9 Å². The first-order chi connectivity index (χ1) is 7.63. The fourth-order valence-corrected chi connectivity index (χ4v) is 1.46. The van der Waals surface area contributed by atoms with E-state index in [0.29, 0.717) is 0 Å². The zero-order chi connectivity index (χ0) is 11.7. The lowest BCUT2D eigenvalue weighted by molar-refractivity contribution is -0.139. The predicted octanol–water partition coefficient (Wildman–Crippen LogP) is 1.56. The highest BCUT2D eigenvalue weighted by Crippen LogP contribution is 2.22. The zero-order valence-corrected chi connectivity index (χ0v) is 8.38. The second kappa shape index (κ2) is 3.88. The third-order valence-corrected chi connectivity index (χ3v) is 2.23. The second-order valence-electron chi connectivity index (χ2n) is 3.20. The monoisotopic (exact) mass is 226 g/mol. The van der Waals surface area contributed by atoms with Crippen LogP contribution < -0.4 is 0 Å². The van der Waals surface area contributed by atoms with Crippen molar-refractivity contribution in [2.45, 2.75) is 6.42 Å². The van der Waals surface area contributed by atoms with Gasteiger partial charge in [-0.15, -0.1) is 0 Å². The Labute approximate surface area is 89.2 Å². The third-order valence-electron chi connectivity index (χ3n) is 2.23. The van der Waals surface area contributed by atoms with Gasteiger partial charge in [0.1, 0.15) is 17.2 Å². The summed E-state index contributed by atoms with van der Waals surface area (Å²) in [5, 5.41) is 6.04. The summed E-state index contributed by atoms with van der Waals surface area (Å²) in [6.07, 6.45) is -0.198. The van der Waals surface area contributed by atoms with E-state index in [2.05, 4.69) is 14.9 Å². The smallest absolute Gasteiger partial charge is 0.311 e. The maximum Gasteiger partial charge on any atom is 0.311 e. The number of nitrogens with one attached hydrogen (secondary N) is 1. The highest BCUT2D eigenvalue weighted by Gasteiger charge is 2.16. The van der Waals surface area contributed by atoms with Crippen LogP contribution in [0, 0.1) is 11.6 Å². The summed E-state index contributed by atoms with van der Waals surface area (Å²) in [4.78, 5) is 11.0. The minimum absolute atomic E-state index is 0.00889. The molecule has 0 radical (unpaired) electrons. The highest BCUT2D eigenvalue weighted by atomic mass is 19.1. The van der Waals surface area contributed by atoms with Gasteiger partial charge in [0.2, 0.25) is 0 Å². The largest absolute Gasteiger partial charge is 0.469 e. The summed E-state index contributed by atoms with van der Waals surface area (Å²) in [6, 6.07) is 1.99. The zero-order valence-electron chi connectivity index (χ0n) is 8.38. The fraction of sp³-hybridized carbons (Fsp3) is 0.200. The number of hydrogen-bond donors (Lipinski definition) is 1. The van der Waals surface area contributed by atoms with Gasteiger partial charge in [-0.05, 0) is 12.1 Å². The van der Waals surface area contributed by atoms with E-state index in [-0.39, 0.29) is 23.0 Å². The predicted molar refractivity (Wildman–Crippen MR) is 51.7 cm³/mol. The van der Waals surface area contributed by atoms with E-state index in [9.17, 15) is 13.6 Å². The molecule has 0 spiro atoms. The topological polar surface area (TPSA) is 55.0 Å². The number of benzene rings is 1. The van der Waals surface area contributed by atoms with Crippen LogP contribution in [0.4, 0.5) is 8.78 Å². The van der Waals surface area contributed by atoms with Crippen molar-refractivity contribution in [1.29, 1.82) is 0 Å². The average molecular weight is 226 g/mol. The molecule has 1 aromatic carbocycles. The van der Waals surface area contributed by atoms with Gasteiger partial charge in [0.05, 0.1) is 24.6 Å². The van der Waals surface area contributed by atoms with Crippen LogP contribution in [-0.2, 0) is 16.0 Å². The van der Waals surface area contributed by atoms with Gasteiger partial charge in [0.25, 0.3) is 0 Å². The number of carbonyl (C=O) groups is 1. The second-order valence-corrected chi connectivity index (χ2v) is 3.20. The van der Waals surface area contributed by atoms with E-state index >= 15 is 0 Å². The Bertz CT molecular complexity index is 551. The summed E-state index contributed by atoms with van der Waals surface area (Å²) in [6.45, 7) is 0. The average Bonchev–Trinajstić information content (AvgIpc) is 2.68. The number of aromatic amines is 1. The number of halogens is 2. The Morgan fingerprint density at radius 2 is 2.12 bits per heavy atom. The maximum absolute atomic E-state index is 13.4. The lowest BCUT2D eigenvalue weighted by Crippen LogP contribution is -2.05.